The Morgan fingerprint density at radius 2 is 0.969 bits per heavy atom. The molecule has 37 nitrogen and oxygen atoms in total. The molecule has 11 atom stereocenters. The molecule has 15 amide bonds. The zero-order valence-corrected chi connectivity index (χ0v) is 74.3. The molecule has 38 heteroatoms. The normalized spacial score (nSPS) is 22.0. The predicted octanol–water partition coefficient (Wildman–Crippen LogP) is 1.34. The summed E-state index contributed by atoms with van der Waals surface area (Å²) in [7, 11) is 6.15. The first-order valence-corrected chi connectivity index (χ1v) is 43.3. The molecule has 6 aromatic rings. The van der Waals surface area contributed by atoms with E-state index >= 15 is 33.6 Å². The molecule has 16 N–H and O–H groups in total. The lowest BCUT2D eigenvalue weighted by Gasteiger charge is -2.37. The standard InChI is InChI=1S/C90H118N16O21S/c1-11-12-27-70-88(125)103(7)49-75(111)95-66(45-78(115)116)84(121)101-79(53(4)5)90(127)106(10)72(43-56-23-17-14-18-24-56)85(122)99-67(42-57-30-35-60(108)36-31-57)86(123)102(6)48-74(110)94-65(44-58-46-92-62-26-20-19-25-61(58)62)83(120)97-63(37-32-54-28-33-59(107)34-29-54)81(118)98-64(40-52(2)3)82(119)100-69(80(117)93-47-73(91)109)50-128-51-76(112)96-68(41-55-21-15-13-16-22-55)87(124)104(8)71(38-39-77(113)114)89(126)105(70)9/h13-26,28-31,33-36,46,52-53,63-72,79,92,107-108H,11-12,27,32,37-45,47-51H2,1-10H3,(H2,91,109)(H,93,117)(H,94,110)(H,95,111)(H,96,112)(H,97,120)(H,98,118)(H,99,122)(H,100,119)(H,101,121)(H,113,114)(H,115,116)/t63-,64-,65-,66-,67-,68-,69-,70-,71-,72-,79-/m0/s1. The number of aryl methyl sites for hydroxylation is 1. The molecule has 0 aliphatic carbocycles. The molecular formula is C90H118N16O21S. The lowest BCUT2D eigenvalue weighted by molar-refractivity contribution is -0.152. The zero-order valence-electron chi connectivity index (χ0n) is 73.5. The van der Waals surface area contributed by atoms with Gasteiger partial charge in [-0.1, -0.05) is 151 Å². The van der Waals surface area contributed by atoms with Crippen molar-refractivity contribution in [1.29, 1.82) is 0 Å². The molecule has 1 aromatic heterocycles. The molecule has 5 aromatic carbocycles. The first kappa shape index (κ1) is 102. The number of para-hydroxylation sites is 1. The number of rotatable bonds is 25. The minimum Gasteiger partial charge on any atom is -0.508 e. The van der Waals surface area contributed by atoms with Crippen LogP contribution >= 0.6 is 11.8 Å². The molecule has 690 valence electrons. The summed E-state index contributed by atoms with van der Waals surface area (Å²) in [6.07, 6.45) is -1.22. The Kier molecular flexibility index (Phi) is 39.3. The highest BCUT2D eigenvalue weighted by Gasteiger charge is 2.42. The molecule has 1 aliphatic heterocycles. The summed E-state index contributed by atoms with van der Waals surface area (Å²) in [5, 5.41) is 65.2. The second kappa shape index (κ2) is 49.5. The van der Waals surface area contributed by atoms with E-state index in [1.807, 2.05) is 0 Å². The number of thioether (sulfide) groups is 1. The second-order valence-corrected chi connectivity index (χ2v) is 33.7. The number of aliphatic carboxylic acids is 2. The fourth-order valence-corrected chi connectivity index (χ4v) is 15.5. The van der Waals surface area contributed by atoms with E-state index in [0.29, 0.717) is 51.6 Å². The Balaban J connectivity index is 1.33. The lowest BCUT2D eigenvalue weighted by atomic mass is 9.98. The third kappa shape index (κ3) is 31.3. The van der Waals surface area contributed by atoms with Gasteiger partial charge in [0, 0.05) is 90.2 Å². The van der Waals surface area contributed by atoms with Crippen molar-refractivity contribution in [2.45, 2.75) is 185 Å². The van der Waals surface area contributed by atoms with E-state index in [1.165, 1.54) is 71.6 Å². The van der Waals surface area contributed by atoms with Crippen LogP contribution in [0.25, 0.3) is 10.9 Å². The summed E-state index contributed by atoms with van der Waals surface area (Å²) in [6, 6.07) is 17.9. The number of fused-ring (bicyclic) bond motifs is 1. The van der Waals surface area contributed by atoms with Crippen molar-refractivity contribution in [3.63, 3.8) is 0 Å². The van der Waals surface area contributed by atoms with E-state index in [4.69, 9.17) is 5.73 Å². The van der Waals surface area contributed by atoms with Gasteiger partial charge >= 0.3 is 11.9 Å². The second-order valence-electron chi connectivity index (χ2n) is 32.6. The quantitative estimate of drug-likeness (QED) is 0.0384. The van der Waals surface area contributed by atoms with E-state index < -0.39 is 223 Å². The Bertz CT molecular complexity index is 4890. The molecule has 1 aliphatic rings. The van der Waals surface area contributed by atoms with E-state index in [1.54, 1.807) is 138 Å². The number of H-pyrrole nitrogens is 1. The van der Waals surface area contributed by atoms with Crippen molar-refractivity contribution in [2.24, 2.45) is 17.6 Å². The number of nitrogens with two attached hydrogens (primary N) is 1. The number of phenolic OH excluding ortho intramolecular Hbond substituents is 2. The van der Waals surface area contributed by atoms with E-state index in [-0.39, 0.29) is 68.8 Å². The summed E-state index contributed by atoms with van der Waals surface area (Å²) in [5.41, 5.74) is 8.59. The maximum Gasteiger partial charge on any atom is 0.305 e. The summed E-state index contributed by atoms with van der Waals surface area (Å²) >= 11 is 0.779. The van der Waals surface area contributed by atoms with Gasteiger partial charge < -0.3 is 103 Å². The predicted molar refractivity (Wildman–Crippen MR) is 473 cm³/mol. The molecule has 128 heavy (non-hydrogen) atoms. The highest BCUT2D eigenvalue weighted by Crippen LogP contribution is 2.24. The number of carboxylic acid groups (broad SMARTS) is 2. The maximum absolute atomic E-state index is 15.4. The number of carbonyl (C=O) groups is 17. The van der Waals surface area contributed by atoms with Gasteiger partial charge in [-0.15, -0.1) is 11.8 Å². The molecule has 1 saturated heterocycles. The maximum atomic E-state index is 15.4. The number of aromatic nitrogens is 1. The van der Waals surface area contributed by atoms with Crippen LogP contribution in [-0.2, 0) is 114 Å². The van der Waals surface area contributed by atoms with Crippen LogP contribution in [0.15, 0.2) is 140 Å². The molecule has 0 bridgehead atoms. The van der Waals surface area contributed by atoms with Crippen molar-refractivity contribution < 1.29 is 102 Å². The lowest BCUT2D eigenvalue weighted by Crippen LogP contribution is -2.61. The van der Waals surface area contributed by atoms with E-state index in [9.17, 15) is 68.4 Å². The van der Waals surface area contributed by atoms with Crippen LogP contribution < -0.4 is 53.6 Å². The van der Waals surface area contributed by atoms with Gasteiger partial charge in [0.15, 0.2) is 0 Å². The van der Waals surface area contributed by atoms with Crippen LogP contribution in [0.2, 0.25) is 0 Å². The number of primary amides is 1. The number of benzene rings is 5. The number of nitrogens with zero attached hydrogens (tertiary/aromatic N) is 5. The molecule has 0 radical (unpaired) electrons. The molecular weight excluding hydrogens is 1670 g/mol. The average Bonchev–Trinajstić information content (AvgIpc) is 1.26. The molecule has 7 rings (SSSR count). The molecule has 0 unspecified atom stereocenters. The molecule has 0 saturated carbocycles. The molecule has 0 spiro atoms. The van der Waals surface area contributed by atoms with Gasteiger partial charge in [-0.3, -0.25) is 81.5 Å². The monoisotopic (exact) mass is 1790 g/mol. The van der Waals surface area contributed by atoms with Gasteiger partial charge in [-0.2, -0.15) is 0 Å². The number of aromatic hydroxyl groups is 2. The number of phenols is 2. The summed E-state index contributed by atoms with van der Waals surface area (Å²) in [6.45, 7) is 5.96. The van der Waals surface area contributed by atoms with Gasteiger partial charge in [0.25, 0.3) is 0 Å². The molecule has 2 heterocycles. The summed E-state index contributed by atoms with van der Waals surface area (Å²) in [4.78, 5) is 254. The van der Waals surface area contributed by atoms with Crippen LogP contribution in [0, 0.1) is 11.8 Å². The third-order valence-electron chi connectivity index (χ3n) is 21.7. The van der Waals surface area contributed by atoms with Crippen LogP contribution in [-0.4, -0.2) is 283 Å². The Hall–Kier alpha value is -13.4. The number of aromatic amines is 1. The van der Waals surface area contributed by atoms with E-state index in [2.05, 4.69) is 52.8 Å². The van der Waals surface area contributed by atoms with Crippen LogP contribution in [0.4, 0.5) is 0 Å². The van der Waals surface area contributed by atoms with Crippen LogP contribution in [0.5, 0.6) is 11.5 Å². The number of amides is 15. The third-order valence-corrected chi connectivity index (χ3v) is 22.7. The number of hydrogen-bond donors (Lipinski definition) is 15. The minimum atomic E-state index is -1.94. The summed E-state index contributed by atoms with van der Waals surface area (Å²) in [5.74, 6) is -19.6. The number of likely N-dealkylation sites (N-methyl/N-ethyl adjacent to an activating group) is 5. The number of carboxylic acids is 2. The number of hydrogen-bond acceptors (Lipinski definition) is 20. The van der Waals surface area contributed by atoms with Gasteiger partial charge in [-0.05, 0) is 102 Å². The van der Waals surface area contributed by atoms with Crippen molar-refractivity contribution in [3.8, 4) is 11.5 Å². The van der Waals surface area contributed by atoms with Crippen molar-refractivity contribution in [3.05, 3.63) is 167 Å². The number of carbonyl (C=O) groups excluding carboxylic acids is 15. The SMILES string of the molecule is CCCC[C@H]1C(=O)N(C)CC(=O)N[C@@H](CC(=O)O)C(=O)N[C@@H](C(C)C)C(=O)N(C)[C@@H](Cc2ccccc2)C(=O)N[C@@H](Cc2ccc(O)cc2)C(=O)N(C)CC(=O)N[C@@H](Cc2c[nH]c3ccccc23)C(=O)N[C@@H](CCc2ccc(O)cc2)C(=O)N[C@@H](CC(C)C)C(=O)N[C@H](C(=O)NCC(N)=O)CSCC(=O)N[C@@H](Cc2ccccc2)C(=O)N(C)[C@@H](CCC(=O)O)C(=O)N1C. The number of unbranched alkanes of at least 4 members (excludes halogenated alkanes) is 1. The van der Waals surface area contributed by atoms with Crippen LogP contribution in [0.1, 0.15) is 114 Å². The fourth-order valence-electron chi connectivity index (χ4n) is 14.6. The Labute approximate surface area is 746 Å². The highest BCUT2D eigenvalue weighted by molar-refractivity contribution is 8.00. The van der Waals surface area contributed by atoms with Gasteiger partial charge in [0.05, 0.1) is 31.8 Å². The highest BCUT2D eigenvalue weighted by atomic mass is 32.2. The average molecular weight is 1790 g/mol. The summed E-state index contributed by atoms with van der Waals surface area (Å²) < 4.78 is 0. The Morgan fingerprint density at radius 1 is 0.477 bits per heavy atom. The first-order chi connectivity index (χ1) is 60.7. The minimum absolute atomic E-state index is 0.0546. The fraction of sp³-hybridized carbons (Fsp3) is 0.456. The topological polar surface area (TPSA) is 537 Å². The van der Waals surface area contributed by atoms with Crippen molar-refractivity contribution in [1.82, 2.24) is 77.3 Å². The van der Waals surface area contributed by atoms with Gasteiger partial charge in [0.2, 0.25) is 88.6 Å². The zero-order chi connectivity index (χ0) is 94.2. The Morgan fingerprint density at radius 3 is 1.55 bits per heavy atom. The van der Waals surface area contributed by atoms with E-state index in [0.717, 1.165) is 36.3 Å². The van der Waals surface area contributed by atoms with Crippen molar-refractivity contribution >= 4 is 123 Å². The first-order valence-electron chi connectivity index (χ1n) is 42.2. The molecule has 1 fully saturated rings. The smallest absolute Gasteiger partial charge is 0.305 e. The van der Waals surface area contributed by atoms with Crippen LogP contribution in [0.3, 0.4) is 0 Å². The van der Waals surface area contributed by atoms with Crippen molar-refractivity contribution in [2.75, 3.05) is 66.4 Å². The van der Waals surface area contributed by atoms with Gasteiger partial charge in [0.1, 0.15) is 78.0 Å². The largest absolute Gasteiger partial charge is 0.508 e. The van der Waals surface area contributed by atoms with Gasteiger partial charge in [-0.25, -0.2) is 0 Å². The number of nitrogens with one attached hydrogen (secondary N) is 10.